The van der Waals surface area contributed by atoms with Gasteiger partial charge < -0.3 is 14.8 Å². The zero-order valence-corrected chi connectivity index (χ0v) is 16.3. The number of sulfonamides is 1. The molecule has 7 nitrogen and oxygen atoms in total. The molecule has 0 heterocycles. The molecule has 0 saturated carbocycles. The van der Waals surface area contributed by atoms with Gasteiger partial charge in [0.25, 0.3) is 5.91 Å². The summed E-state index contributed by atoms with van der Waals surface area (Å²) in [7, 11) is 2.04. The summed E-state index contributed by atoms with van der Waals surface area (Å²) in [5.74, 6) is 0.141. The van der Waals surface area contributed by atoms with Crippen LogP contribution in [0, 0.1) is 0 Å². The number of carbonyl (C=O) groups excluding carboxylic acids is 1. The van der Waals surface area contributed by atoms with Crippen LogP contribution in [0.3, 0.4) is 0 Å². The van der Waals surface area contributed by atoms with Crippen molar-refractivity contribution >= 4 is 33.2 Å². The zero-order valence-electron chi connectivity index (χ0n) is 14.7. The molecule has 1 amide bonds. The molecule has 0 aliphatic heterocycles. The summed E-state index contributed by atoms with van der Waals surface area (Å²) in [6, 6.07) is 8.85. The van der Waals surface area contributed by atoms with E-state index in [1.807, 2.05) is 0 Å². The zero-order chi connectivity index (χ0) is 19.5. The first-order valence-corrected chi connectivity index (χ1v) is 9.28. The summed E-state index contributed by atoms with van der Waals surface area (Å²) in [4.78, 5) is 12.7. The molecule has 0 bridgehead atoms. The van der Waals surface area contributed by atoms with Crippen LogP contribution in [0.15, 0.2) is 41.3 Å². The Labute approximate surface area is 157 Å². The number of rotatable bonds is 6. The first-order chi connectivity index (χ1) is 12.2. The normalized spacial score (nSPS) is 11.3. The van der Waals surface area contributed by atoms with Crippen LogP contribution in [-0.2, 0) is 10.0 Å². The third-order valence-electron chi connectivity index (χ3n) is 3.60. The second-order valence-electron chi connectivity index (χ2n) is 5.45. The molecule has 0 aromatic heterocycles. The van der Waals surface area contributed by atoms with E-state index in [1.165, 1.54) is 52.6 Å². The van der Waals surface area contributed by atoms with Gasteiger partial charge in [0, 0.05) is 19.1 Å². The van der Waals surface area contributed by atoms with Gasteiger partial charge in [-0.1, -0.05) is 11.6 Å². The second-order valence-corrected chi connectivity index (χ2v) is 8.04. The number of amides is 1. The molecule has 0 spiro atoms. The van der Waals surface area contributed by atoms with Crippen LogP contribution in [0.4, 0.5) is 5.69 Å². The summed E-state index contributed by atoms with van der Waals surface area (Å²) in [5, 5.41) is 3.01. The van der Waals surface area contributed by atoms with Crippen molar-refractivity contribution in [1.29, 1.82) is 0 Å². The summed E-state index contributed by atoms with van der Waals surface area (Å²) in [6.07, 6.45) is 0. The highest BCUT2D eigenvalue weighted by Crippen LogP contribution is 2.30. The SMILES string of the molecule is COc1ccc(S(=O)(=O)N(C)C)cc1NC(=O)c1cc(Cl)ccc1OC. The molecule has 0 saturated heterocycles. The molecule has 1 N–H and O–H groups in total. The van der Waals surface area contributed by atoms with Crippen LogP contribution >= 0.6 is 11.6 Å². The van der Waals surface area contributed by atoms with Gasteiger partial charge in [0.05, 0.1) is 30.4 Å². The lowest BCUT2D eigenvalue weighted by molar-refractivity contribution is 0.102. The number of hydrogen-bond acceptors (Lipinski definition) is 5. The average molecular weight is 399 g/mol. The molecule has 2 rings (SSSR count). The minimum absolute atomic E-state index is 0.0247. The van der Waals surface area contributed by atoms with Crippen LogP contribution in [0.25, 0.3) is 0 Å². The highest BCUT2D eigenvalue weighted by molar-refractivity contribution is 7.89. The Morgan fingerprint density at radius 2 is 1.65 bits per heavy atom. The van der Waals surface area contributed by atoms with E-state index in [0.717, 1.165) is 4.31 Å². The van der Waals surface area contributed by atoms with E-state index < -0.39 is 15.9 Å². The van der Waals surface area contributed by atoms with Crippen LogP contribution in [0.5, 0.6) is 11.5 Å². The number of methoxy groups -OCH3 is 2. The molecular formula is C17H19ClN2O5S. The topological polar surface area (TPSA) is 84.9 Å². The first kappa shape index (κ1) is 20.0. The third kappa shape index (κ3) is 4.09. The fraction of sp³-hybridized carbons (Fsp3) is 0.235. The van der Waals surface area contributed by atoms with Crippen LogP contribution in [-0.4, -0.2) is 46.9 Å². The Morgan fingerprint density at radius 3 is 2.23 bits per heavy atom. The highest BCUT2D eigenvalue weighted by Gasteiger charge is 2.21. The lowest BCUT2D eigenvalue weighted by atomic mass is 10.1. The third-order valence-corrected chi connectivity index (χ3v) is 5.65. The van der Waals surface area contributed by atoms with Crippen molar-refractivity contribution in [1.82, 2.24) is 4.31 Å². The van der Waals surface area contributed by atoms with Crippen LogP contribution in [0.2, 0.25) is 5.02 Å². The average Bonchev–Trinajstić information content (AvgIpc) is 2.61. The summed E-state index contributed by atoms with van der Waals surface area (Å²) >= 11 is 5.95. The Bertz CT molecular complexity index is 929. The van der Waals surface area contributed by atoms with Crippen molar-refractivity contribution in [3.05, 3.63) is 47.0 Å². The minimum Gasteiger partial charge on any atom is -0.496 e. The maximum atomic E-state index is 12.6. The number of nitrogens with one attached hydrogen (secondary N) is 1. The molecule has 0 atom stereocenters. The fourth-order valence-electron chi connectivity index (χ4n) is 2.20. The molecule has 0 unspecified atom stereocenters. The van der Waals surface area contributed by atoms with E-state index in [-0.39, 0.29) is 16.1 Å². The Balaban J connectivity index is 2.45. The van der Waals surface area contributed by atoms with E-state index in [0.29, 0.717) is 16.5 Å². The molecule has 2 aromatic rings. The van der Waals surface area contributed by atoms with Gasteiger partial charge in [-0.05, 0) is 36.4 Å². The molecule has 0 aliphatic carbocycles. The van der Waals surface area contributed by atoms with Gasteiger partial charge in [0.1, 0.15) is 11.5 Å². The lowest BCUT2D eigenvalue weighted by Crippen LogP contribution is -2.22. The minimum atomic E-state index is -3.66. The van der Waals surface area contributed by atoms with Crippen molar-refractivity contribution in [2.45, 2.75) is 4.90 Å². The van der Waals surface area contributed by atoms with Crippen molar-refractivity contribution in [3.8, 4) is 11.5 Å². The van der Waals surface area contributed by atoms with Crippen molar-refractivity contribution in [2.75, 3.05) is 33.6 Å². The second kappa shape index (κ2) is 7.94. The van der Waals surface area contributed by atoms with E-state index in [4.69, 9.17) is 21.1 Å². The smallest absolute Gasteiger partial charge is 0.259 e. The molecule has 9 heteroatoms. The molecule has 0 fully saturated rings. The molecule has 2 aromatic carbocycles. The van der Waals surface area contributed by atoms with Gasteiger partial charge >= 0.3 is 0 Å². The van der Waals surface area contributed by atoms with Gasteiger partial charge in [0.15, 0.2) is 0 Å². The Hall–Kier alpha value is -2.29. The van der Waals surface area contributed by atoms with E-state index >= 15 is 0 Å². The maximum Gasteiger partial charge on any atom is 0.259 e. The van der Waals surface area contributed by atoms with Crippen molar-refractivity contribution in [2.24, 2.45) is 0 Å². The lowest BCUT2D eigenvalue weighted by Gasteiger charge is -2.16. The molecule has 140 valence electrons. The van der Waals surface area contributed by atoms with Gasteiger partial charge in [-0.2, -0.15) is 0 Å². The Morgan fingerprint density at radius 1 is 1.04 bits per heavy atom. The standard InChI is InChI=1S/C17H19ClN2O5S/c1-20(2)26(22,23)12-6-8-16(25-4)14(10-12)19-17(21)13-9-11(18)5-7-15(13)24-3/h5-10H,1-4H3,(H,19,21). The van der Waals surface area contributed by atoms with E-state index in [1.54, 1.807) is 12.1 Å². The van der Waals surface area contributed by atoms with Crippen LogP contribution in [0.1, 0.15) is 10.4 Å². The molecule has 0 aliphatic rings. The number of halogens is 1. The number of carbonyl (C=O) groups is 1. The van der Waals surface area contributed by atoms with Crippen molar-refractivity contribution < 1.29 is 22.7 Å². The van der Waals surface area contributed by atoms with E-state index in [2.05, 4.69) is 5.32 Å². The van der Waals surface area contributed by atoms with Gasteiger partial charge in [-0.3, -0.25) is 4.79 Å². The van der Waals surface area contributed by atoms with Gasteiger partial charge in [-0.25, -0.2) is 12.7 Å². The maximum absolute atomic E-state index is 12.6. The molecule has 0 radical (unpaired) electrons. The summed E-state index contributed by atoms with van der Waals surface area (Å²) in [6.45, 7) is 0. The number of nitrogens with zero attached hydrogens (tertiary/aromatic N) is 1. The highest BCUT2D eigenvalue weighted by atomic mass is 35.5. The fourth-order valence-corrected chi connectivity index (χ4v) is 3.30. The Kier molecular flexibility index (Phi) is 6.12. The van der Waals surface area contributed by atoms with E-state index in [9.17, 15) is 13.2 Å². The summed E-state index contributed by atoms with van der Waals surface area (Å²) < 4.78 is 36.1. The van der Waals surface area contributed by atoms with Crippen LogP contribution < -0.4 is 14.8 Å². The van der Waals surface area contributed by atoms with Gasteiger partial charge in [0.2, 0.25) is 10.0 Å². The number of benzene rings is 2. The molecular weight excluding hydrogens is 380 g/mol. The van der Waals surface area contributed by atoms with Crippen molar-refractivity contribution in [3.63, 3.8) is 0 Å². The molecule has 26 heavy (non-hydrogen) atoms. The monoisotopic (exact) mass is 398 g/mol. The number of ether oxygens (including phenoxy) is 2. The largest absolute Gasteiger partial charge is 0.496 e. The number of anilines is 1. The summed E-state index contributed by atoms with van der Waals surface area (Å²) in [5.41, 5.74) is 0.422. The predicted octanol–water partition coefficient (Wildman–Crippen LogP) is 2.86. The quantitative estimate of drug-likeness (QED) is 0.808. The predicted molar refractivity (Wildman–Crippen MR) is 99.8 cm³/mol. The first-order valence-electron chi connectivity index (χ1n) is 7.46. The number of hydrogen-bond donors (Lipinski definition) is 1. The van der Waals surface area contributed by atoms with Gasteiger partial charge in [-0.15, -0.1) is 0 Å².